The molecule has 0 saturated carbocycles. The summed E-state index contributed by atoms with van der Waals surface area (Å²) in [6.45, 7) is 2.02. The fourth-order valence-electron chi connectivity index (χ4n) is 0.857. The molecule has 0 fully saturated rings. The van der Waals surface area contributed by atoms with Gasteiger partial charge >= 0.3 is 0 Å². The van der Waals surface area contributed by atoms with E-state index in [9.17, 15) is 4.79 Å². The van der Waals surface area contributed by atoms with Gasteiger partial charge in [0.25, 0.3) is 5.88 Å². The van der Waals surface area contributed by atoms with E-state index < -0.39 is 12.4 Å². The number of aliphatic hydroxyl groups is 1. The molecule has 0 atom stereocenters. The molecule has 5 heteroatoms. The van der Waals surface area contributed by atoms with Gasteiger partial charge in [0.1, 0.15) is 6.61 Å². The molecule has 0 aliphatic heterocycles. The van der Waals surface area contributed by atoms with Crippen molar-refractivity contribution in [2.24, 2.45) is 0 Å². The van der Waals surface area contributed by atoms with Crippen molar-refractivity contribution in [1.29, 1.82) is 0 Å². The van der Waals surface area contributed by atoms with E-state index in [0.29, 0.717) is 6.61 Å². The van der Waals surface area contributed by atoms with Crippen LogP contribution in [0.1, 0.15) is 30.3 Å². The Hall–Kier alpha value is -1.36. The van der Waals surface area contributed by atoms with Gasteiger partial charge in [-0.2, -0.15) is 0 Å². The van der Waals surface area contributed by atoms with Crippen LogP contribution in [0.4, 0.5) is 0 Å². The summed E-state index contributed by atoms with van der Waals surface area (Å²) >= 11 is 0. The highest BCUT2D eigenvalue weighted by Gasteiger charge is 2.11. The Morgan fingerprint density at radius 3 is 3.14 bits per heavy atom. The number of Topliss-reactive ketones (excluding diaryl/α,β-unsaturated/α-hetero) is 1. The molecule has 0 bridgehead atoms. The summed E-state index contributed by atoms with van der Waals surface area (Å²) in [5, 5.41) is 12.1. The molecule has 1 N–H and O–H groups in total. The second-order valence-electron chi connectivity index (χ2n) is 2.81. The molecule has 0 aliphatic carbocycles. The number of aliphatic hydroxyl groups excluding tert-OH is 1. The Kier molecular flexibility index (Phi) is 4.12. The summed E-state index contributed by atoms with van der Waals surface area (Å²) in [6.07, 6.45) is 1.95. The number of carbonyl (C=O) groups is 1. The van der Waals surface area contributed by atoms with Crippen molar-refractivity contribution >= 4 is 5.78 Å². The molecule has 0 unspecified atom stereocenters. The minimum absolute atomic E-state index is 0.0269. The average Bonchev–Trinajstić information content (AvgIpc) is 2.66. The largest absolute Gasteiger partial charge is 0.475 e. The second-order valence-corrected chi connectivity index (χ2v) is 2.81. The number of rotatable bonds is 6. The summed E-state index contributed by atoms with van der Waals surface area (Å²) < 4.78 is 9.85. The molecule has 1 heterocycles. The number of hydrogen-bond donors (Lipinski definition) is 1. The van der Waals surface area contributed by atoms with Gasteiger partial charge in [-0.05, 0) is 11.6 Å². The van der Waals surface area contributed by atoms with E-state index >= 15 is 0 Å². The van der Waals surface area contributed by atoms with Gasteiger partial charge in [-0.15, -0.1) is 0 Å². The monoisotopic (exact) mass is 199 g/mol. The van der Waals surface area contributed by atoms with E-state index in [1.165, 1.54) is 6.07 Å². The molecule has 78 valence electrons. The standard InChI is InChI=1S/C9H13NO4/c1-2-3-4-13-9-5-8(14-10-9)7(12)6-11/h5,11H,2-4,6H2,1H3. The van der Waals surface area contributed by atoms with Crippen LogP contribution in [0.15, 0.2) is 10.6 Å². The maximum atomic E-state index is 10.9. The fourth-order valence-corrected chi connectivity index (χ4v) is 0.857. The third-order valence-electron chi connectivity index (χ3n) is 1.65. The zero-order chi connectivity index (χ0) is 10.4. The van der Waals surface area contributed by atoms with Gasteiger partial charge in [0.05, 0.1) is 12.7 Å². The van der Waals surface area contributed by atoms with Gasteiger partial charge < -0.3 is 14.4 Å². The van der Waals surface area contributed by atoms with Crippen LogP contribution in [-0.2, 0) is 0 Å². The highest BCUT2D eigenvalue weighted by molar-refractivity contribution is 5.94. The van der Waals surface area contributed by atoms with Crippen LogP contribution in [0.5, 0.6) is 5.88 Å². The Bertz CT molecular complexity index is 295. The number of hydrogen-bond acceptors (Lipinski definition) is 5. The van der Waals surface area contributed by atoms with Gasteiger partial charge in [0, 0.05) is 0 Å². The molecule has 5 nitrogen and oxygen atoms in total. The molecular weight excluding hydrogens is 186 g/mol. The Labute approximate surface area is 81.7 Å². The zero-order valence-electron chi connectivity index (χ0n) is 8.02. The van der Waals surface area contributed by atoms with Crippen molar-refractivity contribution in [3.8, 4) is 5.88 Å². The number of ketones is 1. The first-order chi connectivity index (χ1) is 6.77. The predicted octanol–water partition coefficient (Wildman–Crippen LogP) is 1.03. The number of unbranched alkanes of at least 4 members (excludes halogenated alkanes) is 1. The lowest BCUT2D eigenvalue weighted by Crippen LogP contribution is -2.02. The van der Waals surface area contributed by atoms with Crippen molar-refractivity contribution in [3.63, 3.8) is 0 Å². The quantitative estimate of drug-likeness (QED) is 0.547. The fraction of sp³-hybridized carbons (Fsp3) is 0.556. The zero-order valence-corrected chi connectivity index (χ0v) is 8.02. The predicted molar refractivity (Wildman–Crippen MR) is 48.3 cm³/mol. The van der Waals surface area contributed by atoms with Crippen molar-refractivity contribution in [2.45, 2.75) is 19.8 Å². The van der Waals surface area contributed by atoms with Crippen LogP contribution in [0.25, 0.3) is 0 Å². The minimum Gasteiger partial charge on any atom is -0.475 e. The summed E-state index contributed by atoms with van der Waals surface area (Å²) in [7, 11) is 0. The number of nitrogens with zero attached hydrogens (tertiary/aromatic N) is 1. The first-order valence-corrected chi connectivity index (χ1v) is 4.51. The molecule has 0 saturated heterocycles. The molecule has 0 spiro atoms. The first-order valence-electron chi connectivity index (χ1n) is 4.51. The summed E-state index contributed by atoms with van der Waals surface area (Å²) in [5.74, 6) is -0.183. The molecule has 0 amide bonds. The lowest BCUT2D eigenvalue weighted by molar-refractivity contribution is 0.0866. The molecule has 0 aromatic carbocycles. The van der Waals surface area contributed by atoms with Crippen LogP contribution < -0.4 is 4.74 Å². The van der Waals surface area contributed by atoms with E-state index in [2.05, 4.69) is 9.68 Å². The van der Waals surface area contributed by atoms with Gasteiger partial charge in [0.15, 0.2) is 0 Å². The molecule has 0 radical (unpaired) electrons. The summed E-state index contributed by atoms with van der Waals surface area (Å²) in [4.78, 5) is 10.9. The maximum absolute atomic E-state index is 10.9. The van der Waals surface area contributed by atoms with Crippen LogP contribution in [0.2, 0.25) is 0 Å². The van der Waals surface area contributed by atoms with Gasteiger partial charge in [-0.3, -0.25) is 4.79 Å². The van der Waals surface area contributed by atoms with E-state index in [4.69, 9.17) is 9.84 Å². The summed E-state index contributed by atoms with van der Waals surface area (Å²) in [5.41, 5.74) is 0. The lowest BCUT2D eigenvalue weighted by Gasteiger charge is -1.97. The highest BCUT2D eigenvalue weighted by Crippen LogP contribution is 2.11. The van der Waals surface area contributed by atoms with Gasteiger partial charge in [-0.25, -0.2) is 0 Å². The molecule has 14 heavy (non-hydrogen) atoms. The van der Waals surface area contributed by atoms with Crippen molar-refractivity contribution in [2.75, 3.05) is 13.2 Å². The van der Waals surface area contributed by atoms with Crippen molar-refractivity contribution in [1.82, 2.24) is 5.16 Å². The number of ether oxygens (including phenoxy) is 1. The Balaban J connectivity index is 2.46. The topological polar surface area (TPSA) is 72.6 Å². The van der Waals surface area contributed by atoms with Gasteiger partial charge in [0.2, 0.25) is 11.5 Å². The van der Waals surface area contributed by atoms with Crippen LogP contribution in [0.3, 0.4) is 0 Å². The molecular formula is C9H13NO4. The Morgan fingerprint density at radius 2 is 2.50 bits per heavy atom. The summed E-state index contributed by atoms with van der Waals surface area (Å²) in [6, 6.07) is 1.38. The first kappa shape index (κ1) is 10.7. The Morgan fingerprint density at radius 1 is 1.71 bits per heavy atom. The van der Waals surface area contributed by atoms with Crippen LogP contribution >= 0.6 is 0 Å². The molecule has 1 aromatic rings. The van der Waals surface area contributed by atoms with Crippen LogP contribution in [-0.4, -0.2) is 29.3 Å². The van der Waals surface area contributed by atoms with E-state index in [0.717, 1.165) is 12.8 Å². The number of carbonyl (C=O) groups excluding carboxylic acids is 1. The molecule has 1 rings (SSSR count). The lowest BCUT2D eigenvalue weighted by atomic mass is 10.3. The molecule has 1 aromatic heterocycles. The van der Waals surface area contributed by atoms with E-state index in [1.807, 2.05) is 6.92 Å². The SMILES string of the molecule is CCCCOc1cc(C(=O)CO)on1. The minimum atomic E-state index is -0.580. The maximum Gasteiger partial charge on any atom is 0.254 e. The van der Waals surface area contributed by atoms with Crippen molar-refractivity contribution in [3.05, 3.63) is 11.8 Å². The molecule has 0 aliphatic rings. The highest BCUT2D eigenvalue weighted by atomic mass is 16.5. The third-order valence-corrected chi connectivity index (χ3v) is 1.65. The van der Waals surface area contributed by atoms with Crippen LogP contribution in [0, 0.1) is 0 Å². The smallest absolute Gasteiger partial charge is 0.254 e. The van der Waals surface area contributed by atoms with E-state index in [1.54, 1.807) is 0 Å². The van der Waals surface area contributed by atoms with Gasteiger partial charge in [-0.1, -0.05) is 13.3 Å². The number of aromatic nitrogens is 1. The van der Waals surface area contributed by atoms with Crippen molar-refractivity contribution < 1.29 is 19.2 Å². The third kappa shape index (κ3) is 2.85. The van der Waals surface area contributed by atoms with E-state index in [-0.39, 0.29) is 11.6 Å². The second kappa shape index (κ2) is 5.39. The normalized spacial score (nSPS) is 10.1. The average molecular weight is 199 g/mol.